The molecular weight excluding hydrogens is 444 g/mol. The monoisotopic (exact) mass is 475 g/mol. The summed E-state index contributed by atoms with van der Waals surface area (Å²) in [6, 6.07) is 13.0. The SMILES string of the molecule is Cc1c(N[S+](=O)(O)c2ccc(-c3cc(CN(C)C)ccc3Cl)cc2)c(CC(C)C)nn1C. The number of rotatable bonds is 8. The molecule has 172 valence electrons. The number of halogens is 1. The molecule has 0 aliphatic heterocycles. The van der Waals surface area contributed by atoms with Crippen molar-refractivity contribution in [2.45, 2.75) is 38.6 Å². The van der Waals surface area contributed by atoms with E-state index >= 15 is 0 Å². The highest BCUT2D eigenvalue weighted by Gasteiger charge is 2.32. The van der Waals surface area contributed by atoms with Gasteiger partial charge in [-0.15, -0.1) is 0 Å². The first-order chi connectivity index (χ1) is 15.0. The molecule has 0 radical (unpaired) electrons. The molecule has 32 heavy (non-hydrogen) atoms. The Morgan fingerprint density at radius 2 is 1.84 bits per heavy atom. The molecule has 1 atom stereocenters. The fraction of sp³-hybridized carbons (Fsp3) is 0.375. The summed E-state index contributed by atoms with van der Waals surface area (Å²) >= 11 is 6.44. The number of aryl methyl sites for hydroxylation is 1. The first kappa shape index (κ1) is 24.5. The van der Waals surface area contributed by atoms with Crippen LogP contribution < -0.4 is 4.72 Å². The average molecular weight is 476 g/mol. The molecule has 1 heterocycles. The van der Waals surface area contributed by atoms with E-state index in [1.807, 2.05) is 52.3 Å². The molecule has 0 saturated heterocycles. The molecular formula is C24H32ClN4O2S+. The minimum absolute atomic E-state index is 0.306. The number of benzene rings is 2. The zero-order valence-electron chi connectivity index (χ0n) is 19.5. The van der Waals surface area contributed by atoms with Gasteiger partial charge < -0.3 is 4.90 Å². The summed E-state index contributed by atoms with van der Waals surface area (Å²) < 4.78 is 28.7. The van der Waals surface area contributed by atoms with Crippen molar-refractivity contribution in [3.8, 4) is 11.1 Å². The largest absolute Gasteiger partial charge is 0.346 e. The van der Waals surface area contributed by atoms with Gasteiger partial charge in [-0.2, -0.15) is 14.4 Å². The van der Waals surface area contributed by atoms with Gasteiger partial charge in [0.05, 0.1) is 11.4 Å². The number of hydrogen-bond acceptors (Lipinski definition) is 3. The minimum Gasteiger partial charge on any atom is -0.305 e. The number of aromatic nitrogens is 2. The minimum atomic E-state index is -3.51. The lowest BCUT2D eigenvalue weighted by Crippen LogP contribution is -2.21. The zero-order chi connectivity index (χ0) is 23.6. The number of nitrogens with one attached hydrogen (secondary N) is 1. The highest BCUT2D eigenvalue weighted by atomic mass is 35.5. The van der Waals surface area contributed by atoms with Gasteiger partial charge in [0.15, 0.2) is 0 Å². The predicted octanol–water partition coefficient (Wildman–Crippen LogP) is 5.67. The Morgan fingerprint density at radius 1 is 1.19 bits per heavy atom. The van der Waals surface area contributed by atoms with Crippen molar-refractivity contribution in [1.82, 2.24) is 14.7 Å². The highest BCUT2D eigenvalue weighted by Crippen LogP contribution is 2.32. The van der Waals surface area contributed by atoms with Crippen molar-refractivity contribution in [1.29, 1.82) is 0 Å². The standard InChI is InChI=1S/C24H31ClN4O2S/c1-16(2)13-23-24(17(3)29(6)26-23)27-32(30,31)20-10-8-19(9-11-20)21-14-18(15-28(4)5)7-12-22(21)25/h7-12,14,16H,13,15H2,1-6H3,(H-,27,30,31)/p+1. The Morgan fingerprint density at radius 3 is 2.44 bits per heavy atom. The van der Waals surface area contributed by atoms with Crippen molar-refractivity contribution in [3.63, 3.8) is 0 Å². The van der Waals surface area contributed by atoms with Gasteiger partial charge in [-0.25, -0.2) is 0 Å². The maximum absolute atomic E-state index is 13.2. The molecule has 1 aromatic heterocycles. The molecule has 2 N–H and O–H groups in total. The van der Waals surface area contributed by atoms with Gasteiger partial charge in [-0.1, -0.05) is 31.5 Å². The molecule has 2 aromatic carbocycles. The fourth-order valence-corrected chi connectivity index (χ4v) is 5.00. The van der Waals surface area contributed by atoms with Crippen LogP contribution in [0.2, 0.25) is 5.02 Å². The Hall–Kier alpha value is -2.19. The van der Waals surface area contributed by atoms with Crippen LogP contribution in [0.25, 0.3) is 11.1 Å². The molecule has 3 rings (SSSR count). The molecule has 0 aliphatic rings. The molecule has 0 aliphatic carbocycles. The summed E-state index contributed by atoms with van der Waals surface area (Å²) in [5, 5.41) is 5.17. The van der Waals surface area contributed by atoms with Gasteiger partial charge in [0.2, 0.25) is 4.90 Å². The second-order valence-corrected chi connectivity index (χ2v) is 11.0. The van der Waals surface area contributed by atoms with Crippen molar-refractivity contribution in [2.75, 3.05) is 18.8 Å². The summed E-state index contributed by atoms with van der Waals surface area (Å²) in [6.07, 6.45) is 0.722. The zero-order valence-corrected chi connectivity index (χ0v) is 21.1. The summed E-state index contributed by atoms with van der Waals surface area (Å²) in [5.74, 6) is 0.381. The molecule has 0 fully saturated rings. The van der Waals surface area contributed by atoms with Crippen LogP contribution >= 0.6 is 11.6 Å². The highest BCUT2D eigenvalue weighted by molar-refractivity contribution is 7.99. The number of anilines is 1. The average Bonchev–Trinajstić information content (AvgIpc) is 2.95. The smallest absolute Gasteiger partial charge is 0.305 e. The van der Waals surface area contributed by atoms with E-state index in [1.165, 1.54) is 0 Å². The Balaban J connectivity index is 1.89. The predicted molar refractivity (Wildman–Crippen MR) is 133 cm³/mol. The molecule has 3 aromatic rings. The molecule has 1 unspecified atom stereocenters. The van der Waals surface area contributed by atoms with Crippen LogP contribution in [0.4, 0.5) is 5.69 Å². The summed E-state index contributed by atoms with van der Waals surface area (Å²) in [5.41, 5.74) is 5.18. The maximum Gasteiger partial charge on any atom is 0.346 e. The fourth-order valence-electron chi connectivity index (χ4n) is 3.61. The lowest BCUT2D eigenvalue weighted by Gasteiger charge is -2.13. The van der Waals surface area contributed by atoms with Gasteiger partial charge in [-0.3, -0.25) is 4.68 Å². The third kappa shape index (κ3) is 5.59. The third-order valence-electron chi connectivity index (χ3n) is 5.26. The van der Waals surface area contributed by atoms with Gasteiger partial charge in [-0.05, 0) is 85.1 Å². The van der Waals surface area contributed by atoms with Crippen LogP contribution in [-0.2, 0) is 34.6 Å². The first-order valence-electron chi connectivity index (χ1n) is 10.6. The Labute approximate surface area is 197 Å². The number of hydrogen-bond donors (Lipinski definition) is 2. The van der Waals surface area contributed by atoms with Gasteiger partial charge in [0.1, 0.15) is 5.69 Å². The van der Waals surface area contributed by atoms with E-state index < -0.39 is 10.4 Å². The maximum atomic E-state index is 13.2. The summed E-state index contributed by atoms with van der Waals surface area (Å²) in [6.45, 7) is 6.89. The Kier molecular flexibility index (Phi) is 7.45. The van der Waals surface area contributed by atoms with E-state index in [-0.39, 0.29) is 0 Å². The normalized spacial score (nSPS) is 13.6. The van der Waals surface area contributed by atoms with Crippen molar-refractivity contribution in [3.05, 3.63) is 64.4 Å². The molecule has 8 heteroatoms. The summed E-state index contributed by atoms with van der Waals surface area (Å²) in [4.78, 5) is 2.40. The number of nitrogens with zero attached hydrogens (tertiary/aromatic N) is 3. The van der Waals surface area contributed by atoms with Crippen molar-refractivity contribution in [2.24, 2.45) is 13.0 Å². The molecule has 0 saturated carbocycles. The molecule has 0 bridgehead atoms. The summed E-state index contributed by atoms with van der Waals surface area (Å²) in [7, 11) is 2.37. The quantitative estimate of drug-likeness (QED) is 0.412. The van der Waals surface area contributed by atoms with E-state index in [1.54, 1.807) is 16.8 Å². The van der Waals surface area contributed by atoms with Crippen LogP contribution in [0.15, 0.2) is 47.4 Å². The third-order valence-corrected chi connectivity index (χ3v) is 6.98. The van der Waals surface area contributed by atoms with Crippen molar-refractivity contribution >= 4 is 27.7 Å². The topological polar surface area (TPSA) is 70.4 Å². The van der Waals surface area contributed by atoms with E-state index in [0.29, 0.717) is 21.5 Å². The van der Waals surface area contributed by atoms with Crippen molar-refractivity contribution < 1.29 is 8.76 Å². The lowest BCUT2D eigenvalue weighted by molar-refractivity contribution is 0.402. The van der Waals surface area contributed by atoms with Crippen LogP contribution in [0, 0.1) is 12.8 Å². The molecule has 0 spiro atoms. The van der Waals surface area contributed by atoms with E-state index in [2.05, 4.69) is 34.6 Å². The van der Waals surface area contributed by atoms with E-state index in [9.17, 15) is 8.76 Å². The van der Waals surface area contributed by atoms with E-state index in [0.717, 1.165) is 41.0 Å². The van der Waals surface area contributed by atoms with E-state index in [4.69, 9.17) is 11.6 Å². The second kappa shape index (κ2) is 9.75. The van der Waals surface area contributed by atoms with Crippen LogP contribution in [0.1, 0.15) is 30.8 Å². The molecule has 0 amide bonds. The second-order valence-electron chi connectivity index (χ2n) is 8.83. The molecule has 6 nitrogen and oxygen atoms in total. The first-order valence-corrected chi connectivity index (χ1v) is 12.5. The van der Waals surface area contributed by atoms with Crippen LogP contribution in [0.3, 0.4) is 0 Å². The lowest BCUT2D eigenvalue weighted by atomic mass is 10.0. The van der Waals surface area contributed by atoms with Gasteiger partial charge >= 0.3 is 10.4 Å². The van der Waals surface area contributed by atoms with Crippen LogP contribution in [0.5, 0.6) is 0 Å². The van der Waals surface area contributed by atoms with Crippen LogP contribution in [-0.4, -0.2) is 33.3 Å². The van der Waals surface area contributed by atoms with Gasteiger partial charge in [0.25, 0.3) is 0 Å². The van der Waals surface area contributed by atoms with Gasteiger partial charge in [0, 0.05) is 24.2 Å². The Bertz CT molecular complexity index is 1140.